The van der Waals surface area contributed by atoms with Crippen LogP contribution in [0.15, 0.2) is 72.8 Å². The van der Waals surface area contributed by atoms with Crippen LogP contribution in [0.2, 0.25) is 0 Å². The molecule has 2 atom stereocenters. The number of hydrogen-bond donors (Lipinski definition) is 1. The molecule has 1 saturated heterocycles. The number of carbonyl (C=O) groups is 3. The minimum atomic E-state index is -0.475. The standard InChI is InChI=1S/C33H35N7O5/c1-3-39-20-30(41)34-28-19-40(33(43)25-12-10-24(11-13-25)32-35-37-38(2)36-32)15-14-29(28)44-21-23-7-5-9-27(17-23)45-26-8-4-6-22(16-26)18-31(39)42/h4-13,16-17,28-29H,3,14-15,18-21H2,1-2H3,(H,34,41)/t28-,29-/m0/s1. The first kappa shape index (κ1) is 29.9. The maximum atomic E-state index is 13.6. The maximum Gasteiger partial charge on any atom is 0.253 e. The number of piperidine rings is 1. The molecule has 3 aromatic carbocycles. The molecule has 3 amide bonds. The van der Waals surface area contributed by atoms with Gasteiger partial charge in [0.25, 0.3) is 5.91 Å². The minimum absolute atomic E-state index is 0.0959. The third-order valence-electron chi connectivity index (χ3n) is 8.00. The van der Waals surface area contributed by atoms with Gasteiger partial charge in [0.15, 0.2) is 0 Å². The van der Waals surface area contributed by atoms with Gasteiger partial charge in [-0.3, -0.25) is 14.4 Å². The molecule has 0 radical (unpaired) electrons. The molecule has 1 N–H and O–H groups in total. The molecule has 4 aromatic rings. The van der Waals surface area contributed by atoms with Crippen molar-refractivity contribution in [3.63, 3.8) is 0 Å². The molecule has 2 aliphatic rings. The zero-order valence-electron chi connectivity index (χ0n) is 25.3. The Labute approximate surface area is 260 Å². The Bertz CT molecular complexity index is 1690. The first-order valence-electron chi connectivity index (χ1n) is 15.0. The number of amides is 3. The Hall–Kier alpha value is -5.10. The van der Waals surface area contributed by atoms with Gasteiger partial charge in [-0.25, -0.2) is 0 Å². The van der Waals surface area contributed by atoms with Crippen LogP contribution in [0.25, 0.3) is 11.4 Å². The third kappa shape index (κ3) is 7.18. The van der Waals surface area contributed by atoms with Gasteiger partial charge in [0.1, 0.15) is 11.5 Å². The molecule has 232 valence electrons. The van der Waals surface area contributed by atoms with Crippen LogP contribution in [0.5, 0.6) is 11.5 Å². The van der Waals surface area contributed by atoms with Gasteiger partial charge < -0.3 is 24.6 Å². The van der Waals surface area contributed by atoms with Crippen LogP contribution in [0.3, 0.4) is 0 Å². The fourth-order valence-corrected chi connectivity index (χ4v) is 5.64. The predicted octanol–water partition coefficient (Wildman–Crippen LogP) is 2.99. The smallest absolute Gasteiger partial charge is 0.253 e. The average molecular weight is 610 g/mol. The monoisotopic (exact) mass is 609 g/mol. The molecule has 2 aliphatic heterocycles. The zero-order chi connectivity index (χ0) is 31.3. The predicted molar refractivity (Wildman–Crippen MR) is 164 cm³/mol. The summed E-state index contributed by atoms with van der Waals surface area (Å²) in [5, 5.41) is 15.2. The summed E-state index contributed by atoms with van der Waals surface area (Å²) in [7, 11) is 1.69. The first-order chi connectivity index (χ1) is 21.8. The normalized spacial score (nSPS) is 19.2. The fourth-order valence-electron chi connectivity index (χ4n) is 5.64. The van der Waals surface area contributed by atoms with E-state index in [1.54, 1.807) is 36.2 Å². The third-order valence-corrected chi connectivity index (χ3v) is 8.00. The Balaban J connectivity index is 1.21. The van der Waals surface area contributed by atoms with Crippen LogP contribution in [0.4, 0.5) is 0 Å². The average Bonchev–Trinajstić information content (AvgIpc) is 3.48. The van der Waals surface area contributed by atoms with Crippen LogP contribution in [0, 0.1) is 0 Å². The van der Waals surface area contributed by atoms with Crippen molar-refractivity contribution in [1.29, 1.82) is 0 Å². The zero-order valence-corrected chi connectivity index (χ0v) is 25.3. The fraction of sp³-hybridized carbons (Fsp3) is 0.333. The van der Waals surface area contributed by atoms with Crippen molar-refractivity contribution in [3.8, 4) is 22.9 Å². The van der Waals surface area contributed by atoms with Crippen LogP contribution >= 0.6 is 0 Å². The topological polar surface area (TPSA) is 132 Å². The maximum absolute atomic E-state index is 13.6. The van der Waals surface area contributed by atoms with E-state index in [0.29, 0.717) is 49.0 Å². The number of ether oxygens (including phenoxy) is 2. The lowest BCUT2D eigenvalue weighted by molar-refractivity contribution is -0.136. The molecule has 6 rings (SSSR count). The van der Waals surface area contributed by atoms with Crippen LogP contribution < -0.4 is 10.1 Å². The highest BCUT2D eigenvalue weighted by Crippen LogP contribution is 2.26. The number of likely N-dealkylation sites (tertiary alicyclic amines) is 1. The molecular weight excluding hydrogens is 574 g/mol. The lowest BCUT2D eigenvalue weighted by Gasteiger charge is -2.39. The highest BCUT2D eigenvalue weighted by molar-refractivity contribution is 5.95. The summed E-state index contributed by atoms with van der Waals surface area (Å²) in [5.74, 6) is 1.14. The quantitative estimate of drug-likeness (QED) is 0.375. The molecule has 1 fully saturated rings. The number of carbonyl (C=O) groups excluding carboxylic acids is 3. The van der Waals surface area contributed by atoms with Crippen LogP contribution in [-0.2, 0) is 34.4 Å². The number of benzene rings is 3. The molecule has 4 bridgehead atoms. The Kier molecular flexibility index (Phi) is 8.83. The Morgan fingerprint density at radius 1 is 1.00 bits per heavy atom. The van der Waals surface area contributed by atoms with Gasteiger partial charge in [-0.05, 0) is 66.1 Å². The van der Waals surface area contributed by atoms with Crippen LogP contribution in [0.1, 0.15) is 34.8 Å². The van der Waals surface area contributed by atoms with Crippen LogP contribution in [-0.4, -0.2) is 86.1 Å². The molecule has 0 aliphatic carbocycles. The van der Waals surface area contributed by atoms with E-state index in [9.17, 15) is 14.4 Å². The van der Waals surface area contributed by atoms with E-state index in [-0.39, 0.29) is 43.3 Å². The van der Waals surface area contributed by atoms with E-state index in [4.69, 9.17) is 9.47 Å². The molecule has 1 aromatic heterocycles. The second kappa shape index (κ2) is 13.3. The van der Waals surface area contributed by atoms with Crippen molar-refractivity contribution < 1.29 is 23.9 Å². The van der Waals surface area contributed by atoms with E-state index in [2.05, 4.69) is 20.7 Å². The number of aryl methyl sites for hydroxylation is 1. The largest absolute Gasteiger partial charge is 0.457 e. The van der Waals surface area contributed by atoms with Gasteiger partial charge in [0.2, 0.25) is 17.6 Å². The number of rotatable bonds is 3. The Morgan fingerprint density at radius 2 is 1.73 bits per heavy atom. The van der Waals surface area contributed by atoms with E-state index >= 15 is 0 Å². The van der Waals surface area contributed by atoms with Crippen molar-refractivity contribution in [1.82, 2.24) is 35.3 Å². The Morgan fingerprint density at radius 3 is 2.44 bits per heavy atom. The summed E-state index contributed by atoms with van der Waals surface area (Å²) in [4.78, 5) is 44.7. The summed E-state index contributed by atoms with van der Waals surface area (Å²) in [6, 6.07) is 21.7. The highest BCUT2D eigenvalue weighted by atomic mass is 16.5. The summed E-state index contributed by atoms with van der Waals surface area (Å²) >= 11 is 0. The lowest BCUT2D eigenvalue weighted by Crippen LogP contribution is -2.58. The van der Waals surface area contributed by atoms with Crippen molar-refractivity contribution in [2.75, 3.05) is 26.2 Å². The molecule has 12 heteroatoms. The minimum Gasteiger partial charge on any atom is -0.457 e. The van der Waals surface area contributed by atoms with Gasteiger partial charge in [-0.1, -0.05) is 36.4 Å². The van der Waals surface area contributed by atoms with Gasteiger partial charge in [0, 0.05) is 30.8 Å². The SMILES string of the molecule is CCN1CC(=O)N[C@H]2CN(C(=O)c3ccc(-c4nnn(C)n4)cc3)CC[C@@H]2OCc2cccc(c2)Oc2cccc(c2)CC1=O. The van der Waals surface area contributed by atoms with E-state index in [1.165, 1.54) is 9.70 Å². The number of nitrogens with zero attached hydrogens (tertiary/aromatic N) is 6. The number of aromatic nitrogens is 4. The van der Waals surface area contributed by atoms with Crippen molar-refractivity contribution in [2.24, 2.45) is 7.05 Å². The highest BCUT2D eigenvalue weighted by Gasteiger charge is 2.34. The second-order valence-corrected chi connectivity index (χ2v) is 11.2. The molecule has 12 nitrogen and oxygen atoms in total. The van der Waals surface area contributed by atoms with Crippen molar-refractivity contribution in [2.45, 2.75) is 38.5 Å². The summed E-state index contributed by atoms with van der Waals surface area (Å²) in [6.45, 7) is 3.16. The van der Waals surface area contributed by atoms with Crippen molar-refractivity contribution >= 4 is 17.7 Å². The molecule has 0 saturated carbocycles. The van der Waals surface area contributed by atoms with Gasteiger partial charge in [0.05, 0.1) is 38.8 Å². The van der Waals surface area contributed by atoms with Crippen molar-refractivity contribution in [3.05, 3.63) is 89.5 Å². The van der Waals surface area contributed by atoms with Gasteiger partial charge in [-0.2, -0.15) is 4.80 Å². The van der Waals surface area contributed by atoms with E-state index < -0.39 is 6.04 Å². The molecule has 0 spiro atoms. The van der Waals surface area contributed by atoms with E-state index in [1.807, 2.05) is 55.5 Å². The molecule has 0 unspecified atom stereocenters. The summed E-state index contributed by atoms with van der Waals surface area (Å²) < 4.78 is 12.5. The van der Waals surface area contributed by atoms with Gasteiger partial charge >= 0.3 is 0 Å². The van der Waals surface area contributed by atoms with Gasteiger partial charge in [-0.15, -0.1) is 10.2 Å². The molecular formula is C33H35N7O5. The number of hydrogen-bond acceptors (Lipinski definition) is 8. The second-order valence-electron chi connectivity index (χ2n) is 11.2. The summed E-state index contributed by atoms with van der Waals surface area (Å²) in [6.07, 6.45) is 0.322. The first-order valence-corrected chi connectivity index (χ1v) is 15.0. The number of nitrogens with one attached hydrogen (secondary N) is 1. The number of tetrazole rings is 1. The summed E-state index contributed by atoms with van der Waals surface area (Å²) in [5.41, 5.74) is 2.98. The number of fused-ring (bicyclic) bond motifs is 5. The number of likely N-dealkylation sites (N-methyl/N-ethyl adjacent to an activating group) is 1. The lowest BCUT2D eigenvalue weighted by atomic mass is 10.00. The van der Waals surface area contributed by atoms with E-state index in [0.717, 1.165) is 16.7 Å². The molecule has 3 heterocycles. The molecule has 45 heavy (non-hydrogen) atoms.